The number of unbranched alkanes of at least 4 members (excludes halogenated alkanes) is 1. The standard InChI is InChI=1S/C12H20N2O2S/c1-2-11-5-7-12(8-6-11)17(15,16)14-10-4-3-9-13/h5-8,14H,2-4,9-10,13H2,1H3. The van der Waals surface area contributed by atoms with E-state index in [0.717, 1.165) is 24.8 Å². The molecule has 0 unspecified atom stereocenters. The number of hydrogen-bond acceptors (Lipinski definition) is 3. The first-order valence-corrected chi connectivity index (χ1v) is 7.37. The highest BCUT2D eigenvalue weighted by Gasteiger charge is 2.12. The second-order valence-electron chi connectivity index (χ2n) is 3.89. The molecule has 0 saturated heterocycles. The van der Waals surface area contributed by atoms with Gasteiger partial charge in [-0.2, -0.15) is 0 Å². The van der Waals surface area contributed by atoms with Gasteiger partial charge in [-0.05, 0) is 43.5 Å². The molecular formula is C12H20N2O2S. The molecule has 0 amide bonds. The van der Waals surface area contributed by atoms with Crippen molar-refractivity contribution in [2.24, 2.45) is 5.73 Å². The Morgan fingerprint density at radius 1 is 1.18 bits per heavy atom. The van der Waals surface area contributed by atoms with Crippen LogP contribution in [0.25, 0.3) is 0 Å². The second-order valence-corrected chi connectivity index (χ2v) is 5.66. The Morgan fingerprint density at radius 3 is 2.35 bits per heavy atom. The lowest BCUT2D eigenvalue weighted by atomic mass is 10.2. The van der Waals surface area contributed by atoms with E-state index in [2.05, 4.69) is 4.72 Å². The Balaban J connectivity index is 2.62. The Bertz CT molecular complexity index is 426. The van der Waals surface area contributed by atoms with Crippen molar-refractivity contribution in [2.75, 3.05) is 13.1 Å². The Morgan fingerprint density at radius 2 is 1.82 bits per heavy atom. The maximum absolute atomic E-state index is 11.9. The fraction of sp³-hybridized carbons (Fsp3) is 0.500. The zero-order valence-corrected chi connectivity index (χ0v) is 11.0. The molecule has 0 saturated carbocycles. The van der Waals surface area contributed by atoms with Gasteiger partial charge in [-0.3, -0.25) is 0 Å². The lowest BCUT2D eigenvalue weighted by Gasteiger charge is -2.06. The molecule has 0 fully saturated rings. The van der Waals surface area contributed by atoms with Crippen molar-refractivity contribution >= 4 is 10.0 Å². The van der Waals surface area contributed by atoms with E-state index < -0.39 is 10.0 Å². The molecule has 3 N–H and O–H groups in total. The molecule has 5 heteroatoms. The summed E-state index contributed by atoms with van der Waals surface area (Å²) in [5, 5.41) is 0. The summed E-state index contributed by atoms with van der Waals surface area (Å²) in [5.74, 6) is 0. The van der Waals surface area contributed by atoms with Crippen LogP contribution in [0.1, 0.15) is 25.3 Å². The van der Waals surface area contributed by atoms with Crippen LogP contribution in [0, 0.1) is 0 Å². The van der Waals surface area contributed by atoms with Gasteiger partial charge in [0.05, 0.1) is 4.90 Å². The van der Waals surface area contributed by atoms with E-state index >= 15 is 0 Å². The second kappa shape index (κ2) is 6.74. The summed E-state index contributed by atoms with van der Waals surface area (Å²) in [6, 6.07) is 6.97. The third kappa shape index (κ3) is 4.46. The molecule has 0 bridgehead atoms. The molecule has 0 radical (unpaired) electrons. The lowest BCUT2D eigenvalue weighted by molar-refractivity contribution is 0.577. The normalized spacial score (nSPS) is 11.6. The highest BCUT2D eigenvalue weighted by Crippen LogP contribution is 2.10. The lowest BCUT2D eigenvalue weighted by Crippen LogP contribution is -2.25. The van der Waals surface area contributed by atoms with Gasteiger partial charge >= 0.3 is 0 Å². The van der Waals surface area contributed by atoms with Gasteiger partial charge in [0.1, 0.15) is 0 Å². The maximum Gasteiger partial charge on any atom is 0.240 e. The summed E-state index contributed by atoms with van der Waals surface area (Å²) in [5.41, 5.74) is 6.48. The van der Waals surface area contributed by atoms with Crippen molar-refractivity contribution in [3.8, 4) is 0 Å². The average Bonchev–Trinajstić information content (AvgIpc) is 2.35. The quantitative estimate of drug-likeness (QED) is 0.722. The van der Waals surface area contributed by atoms with E-state index in [0.29, 0.717) is 18.0 Å². The van der Waals surface area contributed by atoms with E-state index in [9.17, 15) is 8.42 Å². The van der Waals surface area contributed by atoms with Gasteiger partial charge in [-0.15, -0.1) is 0 Å². The van der Waals surface area contributed by atoms with Gasteiger partial charge in [0.25, 0.3) is 0 Å². The van der Waals surface area contributed by atoms with E-state index in [1.54, 1.807) is 12.1 Å². The molecule has 0 aliphatic heterocycles. The van der Waals surface area contributed by atoms with Crippen LogP contribution in [0.4, 0.5) is 0 Å². The molecule has 0 spiro atoms. The van der Waals surface area contributed by atoms with Crippen LogP contribution >= 0.6 is 0 Å². The van der Waals surface area contributed by atoms with Crippen LogP contribution in [0.5, 0.6) is 0 Å². The molecule has 0 aliphatic rings. The van der Waals surface area contributed by atoms with Crippen molar-refractivity contribution < 1.29 is 8.42 Å². The van der Waals surface area contributed by atoms with Crippen LogP contribution < -0.4 is 10.5 Å². The van der Waals surface area contributed by atoms with E-state index in [4.69, 9.17) is 5.73 Å². The molecule has 17 heavy (non-hydrogen) atoms. The van der Waals surface area contributed by atoms with Crippen LogP contribution in [0.3, 0.4) is 0 Å². The smallest absolute Gasteiger partial charge is 0.240 e. The number of rotatable bonds is 7. The average molecular weight is 256 g/mol. The van der Waals surface area contributed by atoms with Crippen molar-refractivity contribution in [3.63, 3.8) is 0 Å². The third-order valence-corrected chi connectivity index (χ3v) is 4.04. The SMILES string of the molecule is CCc1ccc(S(=O)(=O)NCCCCN)cc1. The van der Waals surface area contributed by atoms with Gasteiger partial charge in [0.2, 0.25) is 10.0 Å². The van der Waals surface area contributed by atoms with Crippen LogP contribution in [0.2, 0.25) is 0 Å². The third-order valence-electron chi connectivity index (χ3n) is 2.56. The van der Waals surface area contributed by atoms with Crippen LogP contribution in [-0.2, 0) is 16.4 Å². The molecule has 0 heterocycles. The number of benzene rings is 1. The van der Waals surface area contributed by atoms with E-state index in [1.165, 1.54) is 0 Å². The molecule has 1 aromatic rings. The van der Waals surface area contributed by atoms with Gasteiger partial charge in [-0.25, -0.2) is 13.1 Å². The highest BCUT2D eigenvalue weighted by molar-refractivity contribution is 7.89. The Kier molecular flexibility index (Phi) is 5.61. The minimum Gasteiger partial charge on any atom is -0.330 e. The number of nitrogens with two attached hydrogens (primary N) is 1. The van der Waals surface area contributed by atoms with Crippen molar-refractivity contribution in [1.29, 1.82) is 0 Å². The maximum atomic E-state index is 11.9. The number of sulfonamides is 1. The van der Waals surface area contributed by atoms with Gasteiger partial charge < -0.3 is 5.73 Å². The van der Waals surface area contributed by atoms with Gasteiger partial charge in [0, 0.05) is 6.54 Å². The molecule has 0 aliphatic carbocycles. The van der Waals surface area contributed by atoms with Gasteiger partial charge in [0.15, 0.2) is 0 Å². The number of nitrogens with one attached hydrogen (secondary N) is 1. The minimum atomic E-state index is -3.36. The largest absolute Gasteiger partial charge is 0.330 e. The van der Waals surface area contributed by atoms with Crippen LogP contribution in [-0.4, -0.2) is 21.5 Å². The summed E-state index contributed by atoms with van der Waals surface area (Å²) >= 11 is 0. The molecular weight excluding hydrogens is 236 g/mol. The minimum absolute atomic E-state index is 0.322. The van der Waals surface area contributed by atoms with E-state index in [-0.39, 0.29) is 0 Å². The summed E-state index contributed by atoms with van der Waals surface area (Å²) < 4.78 is 26.3. The molecule has 0 aromatic heterocycles. The topological polar surface area (TPSA) is 72.2 Å². The van der Waals surface area contributed by atoms with Gasteiger partial charge in [-0.1, -0.05) is 19.1 Å². The first-order valence-electron chi connectivity index (χ1n) is 5.89. The van der Waals surface area contributed by atoms with Crippen molar-refractivity contribution in [3.05, 3.63) is 29.8 Å². The fourth-order valence-electron chi connectivity index (χ4n) is 1.46. The van der Waals surface area contributed by atoms with E-state index in [1.807, 2.05) is 19.1 Å². The highest BCUT2D eigenvalue weighted by atomic mass is 32.2. The predicted octanol–water partition coefficient (Wildman–Crippen LogP) is 1.27. The summed E-state index contributed by atoms with van der Waals surface area (Å²) in [6.07, 6.45) is 2.50. The molecule has 0 atom stereocenters. The number of hydrogen-bond donors (Lipinski definition) is 2. The monoisotopic (exact) mass is 256 g/mol. The Labute approximate surface area is 103 Å². The fourth-order valence-corrected chi connectivity index (χ4v) is 2.54. The number of aryl methyl sites for hydroxylation is 1. The first kappa shape index (κ1) is 14.2. The van der Waals surface area contributed by atoms with Crippen molar-refractivity contribution in [1.82, 2.24) is 4.72 Å². The predicted molar refractivity (Wildman–Crippen MR) is 69.3 cm³/mol. The molecule has 1 rings (SSSR count). The Hall–Kier alpha value is -0.910. The molecule has 96 valence electrons. The molecule has 4 nitrogen and oxygen atoms in total. The zero-order chi connectivity index (χ0) is 12.7. The zero-order valence-electron chi connectivity index (χ0n) is 10.1. The summed E-state index contributed by atoms with van der Waals surface area (Å²) in [4.78, 5) is 0.322. The van der Waals surface area contributed by atoms with Crippen molar-refractivity contribution in [2.45, 2.75) is 31.1 Å². The summed E-state index contributed by atoms with van der Waals surface area (Å²) in [6.45, 7) is 3.07. The summed E-state index contributed by atoms with van der Waals surface area (Å²) in [7, 11) is -3.36. The molecule has 1 aromatic carbocycles. The van der Waals surface area contributed by atoms with Crippen LogP contribution in [0.15, 0.2) is 29.2 Å². The first-order chi connectivity index (χ1) is 8.10.